The van der Waals surface area contributed by atoms with Crippen molar-refractivity contribution in [3.63, 3.8) is 0 Å². The topological polar surface area (TPSA) is 83.6 Å². The number of hydrogen-bond acceptors (Lipinski definition) is 4. The second-order valence-electron chi connectivity index (χ2n) is 6.36. The number of carbonyl (C=O) groups is 2. The molecule has 3 aliphatic rings. The average Bonchev–Trinajstić information content (AvgIpc) is 2.84. The van der Waals surface area contributed by atoms with Gasteiger partial charge < -0.3 is 14.5 Å². The zero-order valence-electron chi connectivity index (χ0n) is 11.3. The van der Waals surface area contributed by atoms with Gasteiger partial charge in [0.25, 0.3) is 0 Å². The molecule has 2 aliphatic carbocycles. The average molecular weight is 276 g/mol. The lowest BCUT2D eigenvalue weighted by atomic mass is 9.75. The molecule has 1 aliphatic heterocycles. The van der Waals surface area contributed by atoms with Gasteiger partial charge in [0.15, 0.2) is 5.69 Å². The van der Waals surface area contributed by atoms with Crippen LogP contribution in [0.25, 0.3) is 0 Å². The van der Waals surface area contributed by atoms with Gasteiger partial charge >= 0.3 is 5.97 Å². The largest absolute Gasteiger partial charge is 0.476 e. The number of aromatic nitrogens is 1. The molecule has 0 spiro atoms. The van der Waals surface area contributed by atoms with Crippen LogP contribution in [0.1, 0.15) is 41.6 Å². The van der Waals surface area contributed by atoms with Crippen LogP contribution in [0, 0.1) is 17.3 Å². The van der Waals surface area contributed by atoms with Gasteiger partial charge in [-0.3, -0.25) is 4.79 Å². The van der Waals surface area contributed by atoms with E-state index in [-0.39, 0.29) is 17.0 Å². The van der Waals surface area contributed by atoms with Crippen LogP contribution in [-0.2, 0) is 17.8 Å². The molecule has 1 aromatic heterocycles. The molecule has 2 heterocycles. The van der Waals surface area contributed by atoms with Crippen molar-refractivity contribution in [3.8, 4) is 0 Å². The molecule has 6 heteroatoms. The van der Waals surface area contributed by atoms with Gasteiger partial charge in [-0.1, -0.05) is 12.1 Å². The molecular weight excluding hydrogens is 260 g/mol. The number of fused-ring (bicyclic) bond motifs is 2. The maximum atomic E-state index is 12.6. The first-order valence-corrected chi connectivity index (χ1v) is 7.03. The number of aromatic carboxylic acids is 1. The summed E-state index contributed by atoms with van der Waals surface area (Å²) < 4.78 is 5.06. The Balaban J connectivity index is 1.56. The van der Waals surface area contributed by atoms with E-state index in [9.17, 15) is 9.59 Å². The molecule has 6 nitrogen and oxygen atoms in total. The Morgan fingerprint density at radius 2 is 2.25 bits per heavy atom. The van der Waals surface area contributed by atoms with E-state index >= 15 is 0 Å². The fourth-order valence-electron chi connectivity index (χ4n) is 4.07. The number of amides is 1. The van der Waals surface area contributed by atoms with Crippen LogP contribution in [0.3, 0.4) is 0 Å². The summed E-state index contributed by atoms with van der Waals surface area (Å²) >= 11 is 0. The molecule has 0 aromatic carbocycles. The molecule has 2 saturated carbocycles. The molecule has 1 aromatic rings. The molecule has 0 bridgehead atoms. The lowest BCUT2D eigenvalue weighted by Crippen LogP contribution is -2.45. The Labute approximate surface area is 115 Å². The SMILES string of the molecule is C[C@@H]1C[C@]2(C(=O)N3CCc4onc(C(=O)O)c4C3)C[C@H]12. The van der Waals surface area contributed by atoms with Gasteiger partial charge in [-0.25, -0.2) is 4.79 Å². The summed E-state index contributed by atoms with van der Waals surface area (Å²) in [4.78, 5) is 25.5. The minimum atomic E-state index is -1.09. The fraction of sp³-hybridized carbons (Fsp3) is 0.643. The molecule has 0 unspecified atom stereocenters. The molecule has 2 fully saturated rings. The van der Waals surface area contributed by atoms with Gasteiger partial charge in [-0.2, -0.15) is 0 Å². The normalized spacial score (nSPS) is 34.0. The molecule has 0 saturated heterocycles. The van der Waals surface area contributed by atoms with Crippen LogP contribution in [0.2, 0.25) is 0 Å². The maximum Gasteiger partial charge on any atom is 0.358 e. The number of carboxylic acid groups (broad SMARTS) is 1. The Morgan fingerprint density at radius 1 is 1.45 bits per heavy atom. The fourth-order valence-corrected chi connectivity index (χ4v) is 4.07. The standard InChI is InChI=1S/C14H16N2O4/c1-7-4-14(5-9(7)14)13(19)16-3-2-10-8(6-16)11(12(17)18)15-20-10/h7,9H,2-6H2,1H3,(H,17,18)/t7-,9-,14+/m1/s1. The van der Waals surface area contributed by atoms with Crippen molar-refractivity contribution >= 4 is 11.9 Å². The predicted octanol–water partition coefficient (Wildman–Crippen LogP) is 1.30. The smallest absolute Gasteiger partial charge is 0.358 e. The number of carbonyl (C=O) groups excluding carboxylic acids is 1. The Hall–Kier alpha value is -1.85. The van der Waals surface area contributed by atoms with E-state index < -0.39 is 5.97 Å². The molecule has 20 heavy (non-hydrogen) atoms. The summed E-state index contributed by atoms with van der Waals surface area (Å²) in [5.41, 5.74) is 0.402. The van der Waals surface area contributed by atoms with Crippen molar-refractivity contribution < 1.29 is 19.2 Å². The van der Waals surface area contributed by atoms with E-state index in [1.807, 2.05) is 0 Å². The lowest BCUT2D eigenvalue weighted by molar-refractivity contribution is -0.142. The third-order valence-corrected chi connectivity index (χ3v) is 5.25. The lowest BCUT2D eigenvalue weighted by Gasteiger charge is -2.36. The monoisotopic (exact) mass is 276 g/mol. The summed E-state index contributed by atoms with van der Waals surface area (Å²) in [6.45, 7) is 3.12. The number of hydrogen-bond donors (Lipinski definition) is 1. The van der Waals surface area contributed by atoms with Crippen LogP contribution in [0.5, 0.6) is 0 Å². The number of rotatable bonds is 2. The van der Waals surface area contributed by atoms with E-state index in [1.165, 1.54) is 0 Å². The highest BCUT2D eigenvalue weighted by Gasteiger charge is 2.70. The second-order valence-corrected chi connectivity index (χ2v) is 6.36. The zero-order chi connectivity index (χ0) is 14.1. The van der Waals surface area contributed by atoms with Gasteiger partial charge in [0, 0.05) is 18.5 Å². The van der Waals surface area contributed by atoms with Crippen molar-refractivity contribution in [2.24, 2.45) is 17.3 Å². The Morgan fingerprint density at radius 3 is 2.85 bits per heavy atom. The van der Waals surface area contributed by atoms with Crippen LogP contribution >= 0.6 is 0 Å². The van der Waals surface area contributed by atoms with Crippen LogP contribution in [0.15, 0.2) is 4.52 Å². The predicted molar refractivity (Wildman–Crippen MR) is 66.9 cm³/mol. The number of carboxylic acids is 1. The van der Waals surface area contributed by atoms with E-state index in [4.69, 9.17) is 9.63 Å². The van der Waals surface area contributed by atoms with Crippen molar-refractivity contribution in [2.75, 3.05) is 6.54 Å². The summed E-state index contributed by atoms with van der Waals surface area (Å²) in [6, 6.07) is 0. The minimum absolute atomic E-state index is 0.0516. The molecule has 1 amide bonds. The highest BCUT2D eigenvalue weighted by Crippen LogP contribution is 2.71. The highest BCUT2D eigenvalue weighted by atomic mass is 16.5. The minimum Gasteiger partial charge on any atom is -0.476 e. The van der Waals surface area contributed by atoms with E-state index in [0.29, 0.717) is 42.7 Å². The highest BCUT2D eigenvalue weighted by molar-refractivity contribution is 5.89. The van der Waals surface area contributed by atoms with Gasteiger partial charge in [0.1, 0.15) is 5.76 Å². The van der Waals surface area contributed by atoms with Crippen molar-refractivity contribution in [1.82, 2.24) is 10.1 Å². The van der Waals surface area contributed by atoms with E-state index in [0.717, 1.165) is 12.8 Å². The molecule has 0 radical (unpaired) electrons. The molecule has 4 rings (SSSR count). The Bertz CT molecular complexity index is 623. The first-order chi connectivity index (χ1) is 9.53. The molecular formula is C14H16N2O4. The summed E-state index contributed by atoms with van der Waals surface area (Å²) in [5, 5.41) is 12.7. The first kappa shape index (κ1) is 11.9. The van der Waals surface area contributed by atoms with Gasteiger partial charge in [0.2, 0.25) is 5.91 Å². The zero-order valence-corrected chi connectivity index (χ0v) is 11.3. The quantitative estimate of drug-likeness (QED) is 0.880. The summed E-state index contributed by atoms with van der Waals surface area (Å²) in [7, 11) is 0. The van der Waals surface area contributed by atoms with Crippen LogP contribution in [-0.4, -0.2) is 33.6 Å². The van der Waals surface area contributed by atoms with Crippen molar-refractivity contribution in [3.05, 3.63) is 17.0 Å². The summed E-state index contributed by atoms with van der Waals surface area (Å²) in [6.07, 6.45) is 2.54. The third-order valence-electron chi connectivity index (χ3n) is 5.25. The molecule has 1 N–H and O–H groups in total. The maximum absolute atomic E-state index is 12.6. The number of nitrogens with zero attached hydrogens (tertiary/aromatic N) is 2. The first-order valence-electron chi connectivity index (χ1n) is 7.03. The van der Waals surface area contributed by atoms with Gasteiger partial charge in [0.05, 0.1) is 12.0 Å². The van der Waals surface area contributed by atoms with Gasteiger partial charge in [-0.05, 0) is 24.7 Å². The van der Waals surface area contributed by atoms with E-state index in [1.54, 1.807) is 4.90 Å². The molecule has 106 valence electrons. The van der Waals surface area contributed by atoms with Crippen molar-refractivity contribution in [2.45, 2.75) is 32.7 Å². The second kappa shape index (κ2) is 3.62. The molecule has 3 atom stereocenters. The third kappa shape index (κ3) is 1.36. The van der Waals surface area contributed by atoms with E-state index in [2.05, 4.69) is 12.1 Å². The summed E-state index contributed by atoms with van der Waals surface area (Å²) in [5.74, 6) is 0.924. The van der Waals surface area contributed by atoms with Crippen molar-refractivity contribution in [1.29, 1.82) is 0 Å². The van der Waals surface area contributed by atoms with Gasteiger partial charge in [-0.15, -0.1) is 0 Å². The Kier molecular flexibility index (Phi) is 2.16. The van der Waals surface area contributed by atoms with Crippen LogP contribution < -0.4 is 0 Å². The van der Waals surface area contributed by atoms with Crippen LogP contribution in [0.4, 0.5) is 0 Å².